The number of thiophene rings is 1. The van der Waals surface area contributed by atoms with Crippen LogP contribution in [-0.4, -0.2) is 23.8 Å². The molecule has 2 aromatic rings. The lowest BCUT2D eigenvalue weighted by Gasteiger charge is -2.29. The van der Waals surface area contributed by atoms with Gasteiger partial charge in [0.25, 0.3) is 0 Å². The van der Waals surface area contributed by atoms with Gasteiger partial charge < -0.3 is 5.32 Å². The smallest absolute Gasteiger partial charge is 0.140 e. The third kappa shape index (κ3) is 3.57. The summed E-state index contributed by atoms with van der Waals surface area (Å²) in [5, 5.41) is 13.4. The molecule has 116 valence electrons. The zero-order valence-corrected chi connectivity index (χ0v) is 13.9. The van der Waals surface area contributed by atoms with Crippen LogP contribution in [0.4, 0.5) is 5.69 Å². The van der Waals surface area contributed by atoms with E-state index in [0.29, 0.717) is 5.84 Å². The highest BCUT2D eigenvalue weighted by Gasteiger charge is 2.16. The van der Waals surface area contributed by atoms with Gasteiger partial charge in [-0.1, -0.05) is 25.5 Å². The molecule has 0 aliphatic carbocycles. The van der Waals surface area contributed by atoms with Crippen LogP contribution in [0.15, 0.2) is 35.7 Å². The maximum absolute atomic E-state index is 8.14. The summed E-state index contributed by atoms with van der Waals surface area (Å²) in [7, 11) is 0. The molecule has 2 N–H and O–H groups in total. The average molecular weight is 313 g/mol. The molecule has 0 saturated carbocycles. The lowest BCUT2D eigenvalue weighted by atomic mass is 9.99. The van der Waals surface area contributed by atoms with Gasteiger partial charge in [0.2, 0.25) is 0 Å². The number of nitrogens with zero attached hydrogens (tertiary/aromatic N) is 1. The van der Waals surface area contributed by atoms with Crippen LogP contribution in [0, 0.1) is 5.41 Å². The largest absolute Gasteiger partial charge is 0.340 e. The molecule has 0 unspecified atom stereocenters. The normalized spacial score (nSPS) is 14.6. The van der Waals surface area contributed by atoms with E-state index in [-0.39, 0.29) is 0 Å². The number of hydrogen-bond acceptors (Lipinski definition) is 3. The van der Waals surface area contributed by atoms with Crippen LogP contribution in [-0.2, 0) is 13.0 Å². The highest BCUT2D eigenvalue weighted by atomic mass is 32.1. The third-order valence-electron chi connectivity index (χ3n) is 4.16. The summed E-state index contributed by atoms with van der Waals surface area (Å²) in [6, 6.07) is 10.5. The van der Waals surface area contributed by atoms with Crippen molar-refractivity contribution in [3.05, 3.63) is 51.7 Å². The molecule has 0 amide bonds. The molecule has 0 radical (unpaired) electrons. The van der Waals surface area contributed by atoms with E-state index < -0.39 is 0 Å². The van der Waals surface area contributed by atoms with E-state index in [0.717, 1.165) is 23.5 Å². The molecule has 0 atom stereocenters. The molecule has 1 aromatic carbocycles. The molecule has 22 heavy (non-hydrogen) atoms. The van der Waals surface area contributed by atoms with Crippen LogP contribution in [0.25, 0.3) is 0 Å². The van der Waals surface area contributed by atoms with Crippen molar-refractivity contribution in [1.82, 2.24) is 4.90 Å². The minimum absolute atomic E-state index is 0.480. The Balaban J connectivity index is 1.69. The molecular formula is C18H23N3S. The van der Waals surface area contributed by atoms with Gasteiger partial charge in [0.05, 0.1) is 4.88 Å². The van der Waals surface area contributed by atoms with Crippen LogP contribution >= 0.6 is 11.3 Å². The quantitative estimate of drug-likeness (QED) is 0.636. The SMILES string of the molecule is CCCCN1CCc2ccc(NC(=N)c3cccs3)cc2C1. The highest BCUT2D eigenvalue weighted by molar-refractivity contribution is 7.12. The Labute approximate surface area is 136 Å². The lowest BCUT2D eigenvalue weighted by molar-refractivity contribution is 0.250. The van der Waals surface area contributed by atoms with Crippen molar-refractivity contribution in [1.29, 1.82) is 5.41 Å². The molecule has 3 rings (SSSR count). The minimum Gasteiger partial charge on any atom is -0.340 e. The highest BCUT2D eigenvalue weighted by Crippen LogP contribution is 2.23. The monoisotopic (exact) mass is 313 g/mol. The maximum Gasteiger partial charge on any atom is 0.140 e. The summed E-state index contributed by atoms with van der Waals surface area (Å²) < 4.78 is 0. The Kier molecular flexibility index (Phi) is 4.90. The van der Waals surface area contributed by atoms with Crippen molar-refractivity contribution in [2.24, 2.45) is 0 Å². The van der Waals surface area contributed by atoms with E-state index in [9.17, 15) is 0 Å². The molecule has 2 heterocycles. The first-order valence-electron chi connectivity index (χ1n) is 8.00. The third-order valence-corrected chi connectivity index (χ3v) is 5.05. The van der Waals surface area contributed by atoms with Crippen molar-refractivity contribution in [3.8, 4) is 0 Å². The summed E-state index contributed by atoms with van der Waals surface area (Å²) in [6.07, 6.45) is 3.67. The molecular weight excluding hydrogens is 290 g/mol. The first-order valence-corrected chi connectivity index (χ1v) is 8.88. The van der Waals surface area contributed by atoms with Gasteiger partial charge in [-0.25, -0.2) is 0 Å². The van der Waals surface area contributed by atoms with Gasteiger partial charge in [-0.2, -0.15) is 0 Å². The Hall–Kier alpha value is -1.65. The van der Waals surface area contributed by atoms with Gasteiger partial charge in [0.15, 0.2) is 0 Å². The van der Waals surface area contributed by atoms with Crippen LogP contribution in [0.2, 0.25) is 0 Å². The van der Waals surface area contributed by atoms with Crippen LogP contribution < -0.4 is 5.32 Å². The predicted molar refractivity (Wildman–Crippen MR) is 95.1 cm³/mol. The fourth-order valence-electron chi connectivity index (χ4n) is 2.89. The fourth-order valence-corrected chi connectivity index (χ4v) is 3.52. The van der Waals surface area contributed by atoms with Crippen molar-refractivity contribution >= 4 is 22.9 Å². The summed E-state index contributed by atoms with van der Waals surface area (Å²) >= 11 is 1.59. The second-order valence-electron chi connectivity index (χ2n) is 5.84. The summed E-state index contributed by atoms with van der Waals surface area (Å²) in [5.41, 5.74) is 3.89. The lowest BCUT2D eigenvalue weighted by Crippen LogP contribution is -2.31. The number of nitrogens with one attached hydrogen (secondary N) is 2. The van der Waals surface area contributed by atoms with Crippen LogP contribution in [0.1, 0.15) is 35.8 Å². The first-order chi connectivity index (χ1) is 10.8. The van der Waals surface area contributed by atoms with Crippen LogP contribution in [0.3, 0.4) is 0 Å². The number of hydrogen-bond donors (Lipinski definition) is 2. The van der Waals surface area contributed by atoms with Gasteiger partial charge in [0.1, 0.15) is 5.84 Å². The number of benzene rings is 1. The van der Waals surface area contributed by atoms with Gasteiger partial charge in [-0.05, 0) is 54.1 Å². The number of amidine groups is 1. The van der Waals surface area contributed by atoms with Gasteiger partial charge in [0, 0.05) is 18.8 Å². The number of rotatable bonds is 5. The molecule has 1 aliphatic rings. The second-order valence-corrected chi connectivity index (χ2v) is 6.79. The average Bonchev–Trinajstić information content (AvgIpc) is 3.07. The Morgan fingerprint density at radius 2 is 2.23 bits per heavy atom. The number of unbranched alkanes of at least 4 members (excludes halogenated alkanes) is 1. The van der Waals surface area contributed by atoms with E-state index in [1.807, 2.05) is 17.5 Å². The standard InChI is InChI=1S/C18H23N3S/c1-2-3-9-21-10-8-14-6-7-16(12-15(14)13-21)20-18(19)17-5-4-11-22-17/h4-7,11-12H,2-3,8-10,13H2,1H3,(H2,19,20). The van der Waals surface area contributed by atoms with E-state index in [4.69, 9.17) is 5.41 Å². The minimum atomic E-state index is 0.480. The van der Waals surface area contributed by atoms with Gasteiger partial charge in [-0.15, -0.1) is 11.3 Å². The number of anilines is 1. The summed E-state index contributed by atoms with van der Waals surface area (Å²) in [6.45, 7) is 5.65. The Bertz CT molecular complexity index is 634. The molecule has 3 nitrogen and oxygen atoms in total. The van der Waals surface area contributed by atoms with E-state index >= 15 is 0 Å². The Morgan fingerprint density at radius 3 is 3.00 bits per heavy atom. The van der Waals surface area contributed by atoms with Crippen molar-refractivity contribution in [2.75, 3.05) is 18.4 Å². The van der Waals surface area contributed by atoms with E-state index in [2.05, 4.69) is 35.3 Å². The predicted octanol–water partition coefficient (Wildman–Crippen LogP) is 4.34. The molecule has 4 heteroatoms. The van der Waals surface area contributed by atoms with Gasteiger partial charge in [-0.3, -0.25) is 10.3 Å². The zero-order chi connectivity index (χ0) is 15.4. The molecule has 0 fully saturated rings. The van der Waals surface area contributed by atoms with Crippen molar-refractivity contribution in [2.45, 2.75) is 32.7 Å². The van der Waals surface area contributed by atoms with Crippen LogP contribution in [0.5, 0.6) is 0 Å². The topological polar surface area (TPSA) is 39.1 Å². The van der Waals surface area contributed by atoms with Crippen molar-refractivity contribution in [3.63, 3.8) is 0 Å². The summed E-state index contributed by atoms with van der Waals surface area (Å²) in [5.74, 6) is 0.480. The maximum atomic E-state index is 8.14. The van der Waals surface area contributed by atoms with Crippen molar-refractivity contribution < 1.29 is 0 Å². The molecule has 1 aliphatic heterocycles. The van der Waals surface area contributed by atoms with E-state index in [1.165, 1.54) is 37.1 Å². The Morgan fingerprint density at radius 1 is 1.32 bits per heavy atom. The molecule has 1 aromatic heterocycles. The first kappa shape index (κ1) is 15.3. The zero-order valence-electron chi connectivity index (χ0n) is 13.1. The number of fused-ring (bicyclic) bond motifs is 1. The summed E-state index contributed by atoms with van der Waals surface area (Å²) in [4.78, 5) is 3.52. The molecule has 0 spiro atoms. The fraction of sp³-hybridized carbons (Fsp3) is 0.389. The molecule has 0 bridgehead atoms. The van der Waals surface area contributed by atoms with E-state index in [1.54, 1.807) is 11.3 Å². The second kappa shape index (κ2) is 7.07. The molecule has 0 saturated heterocycles. The van der Waals surface area contributed by atoms with Gasteiger partial charge >= 0.3 is 0 Å².